The third kappa shape index (κ3) is 4.90. The van der Waals surface area contributed by atoms with Crippen molar-refractivity contribution < 1.29 is 14.4 Å². The van der Waals surface area contributed by atoms with Gasteiger partial charge in [0.2, 0.25) is 0 Å². The lowest BCUT2D eigenvalue weighted by Gasteiger charge is -2.18. The van der Waals surface area contributed by atoms with Crippen LogP contribution in [0.3, 0.4) is 0 Å². The second kappa shape index (κ2) is 7.60. The van der Waals surface area contributed by atoms with Gasteiger partial charge >= 0.3 is 5.69 Å². The lowest BCUT2D eigenvalue weighted by Crippen LogP contribution is -2.30. The van der Waals surface area contributed by atoms with Crippen LogP contribution >= 0.6 is 7.14 Å². The lowest BCUT2D eigenvalue weighted by atomic mass is 10.2. The summed E-state index contributed by atoms with van der Waals surface area (Å²) in [7, 11) is -2.29. The highest BCUT2D eigenvalue weighted by Gasteiger charge is 2.36. The number of nitrogens with zero attached hydrogens (tertiary/aromatic N) is 2. The highest BCUT2D eigenvalue weighted by molar-refractivity contribution is 7.62. The second-order valence-electron chi connectivity index (χ2n) is 6.44. The molecule has 1 heterocycles. The summed E-state index contributed by atoms with van der Waals surface area (Å²) in [6, 6.07) is 1.15. The Kier molecular flexibility index (Phi) is 6.00. The first-order valence-corrected chi connectivity index (χ1v) is 10.5. The van der Waals surface area contributed by atoms with Gasteiger partial charge in [-0.25, -0.2) is 4.79 Å². The minimum atomic E-state index is -2.29. The van der Waals surface area contributed by atoms with E-state index in [0.717, 1.165) is 12.8 Å². The first-order valence-electron chi connectivity index (χ1n) is 8.02. The van der Waals surface area contributed by atoms with Crippen molar-refractivity contribution in [3.8, 4) is 0 Å². The molecular weight excluding hydrogens is 317 g/mol. The Morgan fingerprint density at radius 3 is 2.91 bits per heavy atom. The molecule has 8 heteroatoms. The van der Waals surface area contributed by atoms with Crippen LogP contribution in [0.25, 0.3) is 0 Å². The van der Waals surface area contributed by atoms with Crippen molar-refractivity contribution in [3.63, 3.8) is 0 Å². The smallest absolute Gasteiger partial charge is 0.349 e. The van der Waals surface area contributed by atoms with Crippen LogP contribution in [-0.2, 0) is 9.30 Å². The van der Waals surface area contributed by atoms with E-state index in [2.05, 4.69) is 11.9 Å². The number of hydrogen-bond acceptors (Lipinski definition) is 6. The zero-order valence-corrected chi connectivity index (χ0v) is 14.6. The molecule has 0 aliphatic heterocycles. The predicted molar refractivity (Wildman–Crippen MR) is 90.2 cm³/mol. The number of ether oxygens (including phenoxy) is 1. The van der Waals surface area contributed by atoms with E-state index >= 15 is 0 Å². The summed E-state index contributed by atoms with van der Waals surface area (Å²) in [5.74, 6) is 0.161. The molecule has 0 amide bonds. The Balaban J connectivity index is 1.96. The van der Waals surface area contributed by atoms with Crippen LogP contribution in [0.2, 0.25) is 0 Å². The van der Waals surface area contributed by atoms with Crippen molar-refractivity contribution in [2.75, 3.05) is 24.9 Å². The fourth-order valence-electron chi connectivity index (χ4n) is 2.88. The van der Waals surface area contributed by atoms with E-state index < -0.39 is 18.9 Å². The molecule has 1 unspecified atom stereocenters. The van der Waals surface area contributed by atoms with Crippen molar-refractivity contribution in [1.82, 2.24) is 9.55 Å². The Morgan fingerprint density at radius 1 is 1.52 bits per heavy atom. The van der Waals surface area contributed by atoms with E-state index in [9.17, 15) is 14.5 Å². The number of anilines is 1. The SMILES string of the molecule is CCCCP(C)(=O)CO[C@@H]1C[C@@H](O)[C@H](n2ccc(N)nc2=O)C1. The topological polar surface area (TPSA) is 107 Å². The highest BCUT2D eigenvalue weighted by Crippen LogP contribution is 2.43. The van der Waals surface area contributed by atoms with Crippen LogP contribution in [0.15, 0.2) is 17.1 Å². The molecule has 23 heavy (non-hydrogen) atoms. The largest absolute Gasteiger partial charge is 0.391 e. The van der Waals surface area contributed by atoms with Crippen molar-refractivity contribution >= 4 is 13.0 Å². The highest BCUT2D eigenvalue weighted by atomic mass is 31.2. The lowest BCUT2D eigenvalue weighted by molar-refractivity contribution is 0.0751. The summed E-state index contributed by atoms with van der Waals surface area (Å²) < 4.78 is 19.6. The van der Waals surface area contributed by atoms with Gasteiger partial charge in [0.05, 0.1) is 24.6 Å². The van der Waals surface area contributed by atoms with Crippen LogP contribution < -0.4 is 11.4 Å². The quantitative estimate of drug-likeness (QED) is 0.729. The van der Waals surface area contributed by atoms with Gasteiger partial charge in [0.25, 0.3) is 0 Å². The molecule has 1 aromatic rings. The number of aliphatic hydroxyl groups excluding tert-OH is 1. The van der Waals surface area contributed by atoms with E-state index in [1.807, 2.05) is 0 Å². The number of nitrogen functional groups attached to an aromatic ring is 1. The first-order chi connectivity index (χ1) is 10.8. The summed E-state index contributed by atoms with van der Waals surface area (Å²) in [6.45, 7) is 3.83. The molecule has 0 radical (unpaired) electrons. The fourth-order valence-corrected chi connectivity index (χ4v) is 4.52. The van der Waals surface area contributed by atoms with Gasteiger partial charge in [-0.3, -0.25) is 4.57 Å². The van der Waals surface area contributed by atoms with E-state index in [1.54, 1.807) is 12.9 Å². The normalized spacial score (nSPS) is 27.0. The fraction of sp³-hybridized carbons (Fsp3) is 0.733. The van der Waals surface area contributed by atoms with Crippen LogP contribution in [-0.4, -0.2) is 46.0 Å². The molecule has 4 atom stereocenters. The van der Waals surface area contributed by atoms with E-state index in [4.69, 9.17) is 10.5 Å². The molecule has 2 rings (SSSR count). The van der Waals surface area contributed by atoms with Crippen molar-refractivity contribution in [2.45, 2.75) is 50.9 Å². The molecule has 1 aliphatic rings. The van der Waals surface area contributed by atoms with Gasteiger partial charge in [-0.2, -0.15) is 4.98 Å². The van der Waals surface area contributed by atoms with Crippen LogP contribution in [0.5, 0.6) is 0 Å². The number of aliphatic hydroxyl groups is 1. The van der Waals surface area contributed by atoms with E-state index in [0.29, 0.717) is 19.0 Å². The molecule has 3 N–H and O–H groups in total. The maximum atomic E-state index is 12.4. The zero-order valence-electron chi connectivity index (χ0n) is 13.7. The predicted octanol–water partition coefficient (Wildman–Crippen LogP) is 1.66. The number of hydrogen-bond donors (Lipinski definition) is 2. The van der Waals surface area contributed by atoms with Gasteiger partial charge in [-0.1, -0.05) is 13.3 Å². The third-order valence-corrected chi connectivity index (χ3v) is 6.19. The van der Waals surface area contributed by atoms with Crippen LogP contribution in [0, 0.1) is 0 Å². The van der Waals surface area contributed by atoms with Crippen molar-refractivity contribution in [2.24, 2.45) is 0 Å². The van der Waals surface area contributed by atoms with Gasteiger partial charge < -0.3 is 20.1 Å². The Morgan fingerprint density at radius 2 is 2.26 bits per heavy atom. The Bertz CT molecular complexity index is 633. The van der Waals surface area contributed by atoms with E-state index in [-0.39, 0.29) is 24.3 Å². The van der Waals surface area contributed by atoms with Crippen molar-refractivity contribution in [1.29, 1.82) is 0 Å². The standard InChI is InChI=1S/C15H26N3O4P/c1-3-4-7-23(2,21)10-22-11-8-12(13(19)9-11)18-6-5-14(16)17-15(18)20/h5-6,11-13,19H,3-4,7-10H2,1-2H3,(H2,16,17,20)/t11-,12+,13+,23?/m0/s1. The third-order valence-electron chi connectivity index (χ3n) is 4.23. The summed E-state index contributed by atoms with van der Waals surface area (Å²) in [5.41, 5.74) is 5.01. The van der Waals surface area contributed by atoms with Crippen molar-refractivity contribution in [3.05, 3.63) is 22.7 Å². The van der Waals surface area contributed by atoms with Gasteiger partial charge in [0.1, 0.15) is 13.0 Å². The molecule has 0 aromatic carbocycles. The molecule has 1 aromatic heterocycles. The number of aromatic nitrogens is 2. The minimum absolute atomic E-state index is 0.161. The van der Waals surface area contributed by atoms with Gasteiger partial charge in [-0.05, 0) is 25.6 Å². The Labute approximate surface area is 136 Å². The average Bonchev–Trinajstić information content (AvgIpc) is 2.84. The maximum absolute atomic E-state index is 12.4. The molecule has 1 saturated carbocycles. The molecule has 1 aliphatic carbocycles. The molecule has 0 spiro atoms. The summed E-state index contributed by atoms with van der Waals surface area (Å²) in [4.78, 5) is 15.6. The first kappa shape index (κ1) is 18.2. The van der Waals surface area contributed by atoms with E-state index in [1.165, 1.54) is 10.6 Å². The summed E-state index contributed by atoms with van der Waals surface area (Å²) in [5, 5.41) is 10.2. The number of nitrogens with two attached hydrogens (primary N) is 1. The van der Waals surface area contributed by atoms with Crippen LogP contribution in [0.4, 0.5) is 5.82 Å². The Hall–Kier alpha value is -1.17. The number of rotatable bonds is 7. The summed E-state index contributed by atoms with van der Waals surface area (Å²) in [6.07, 6.45) is 4.44. The maximum Gasteiger partial charge on any atom is 0.349 e. The zero-order chi connectivity index (χ0) is 17.0. The molecular formula is C15H26N3O4P. The monoisotopic (exact) mass is 343 g/mol. The average molecular weight is 343 g/mol. The van der Waals surface area contributed by atoms with Gasteiger partial charge in [-0.15, -0.1) is 0 Å². The van der Waals surface area contributed by atoms with Gasteiger partial charge in [0, 0.05) is 18.8 Å². The molecule has 7 nitrogen and oxygen atoms in total. The molecule has 130 valence electrons. The minimum Gasteiger partial charge on any atom is -0.391 e. The summed E-state index contributed by atoms with van der Waals surface area (Å²) >= 11 is 0. The van der Waals surface area contributed by atoms with Crippen LogP contribution in [0.1, 0.15) is 38.6 Å². The molecule has 1 fully saturated rings. The molecule has 0 bridgehead atoms. The van der Waals surface area contributed by atoms with Gasteiger partial charge in [0.15, 0.2) is 0 Å². The second-order valence-corrected chi connectivity index (χ2v) is 9.74. The number of unbranched alkanes of at least 4 members (excludes halogenated alkanes) is 1. The molecule has 0 saturated heterocycles.